The zero-order valence-electron chi connectivity index (χ0n) is 11.1. The van der Waals surface area contributed by atoms with Gasteiger partial charge in [0, 0.05) is 23.4 Å². The molecule has 1 heterocycles. The highest BCUT2D eigenvalue weighted by Gasteiger charge is 2.24. The van der Waals surface area contributed by atoms with E-state index in [-0.39, 0.29) is 5.92 Å². The molecular weight excluding hydrogens is 250 g/mol. The molecule has 0 amide bonds. The van der Waals surface area contributed by atoms with Crippen LogP contribution in [0.3, 0.4) is 0 Å². The third kappa shape index (κ3) is 2.22. The van der Waals surface area contributed by atoms with Crippen molar-refractivity contribution in [2.24, 2.45) is 5.73 Å². The van der Waals surface area contributed by atoms with Crippen LogP contribution in [0.2, 0.25) is 0 Å². The van der Waals surface area contributed by atoms with Gasteiger partial charge < -0.3 is 15.3 Å². The van der Waals surface area contributed by atoms with Crippen molar-refractivity contribution >= 4 is 11.0 Å². The molecule has 0 radical (unpaired) electrons. The molecule has 2 atom stereocenters. The molecule has 3 rings (SSSR count). The van der Waals surface area contributed by atoms with Gasteiger partial charge in [-0.2, -0.15) is 0 Å². The maximum atomic E-state index is 10.7. The first-order valence-corrected chi connectivity index (χ1v) is 6.70. The number of nitrogens with two attached hydrogens (primary N) is 1. The van der Waals surface area contributed by atoms with E-state index in [1.807, 2.05) is 54.6 Å². The zero-order valence-corrected chi connectivity index (χ0v) is 11.1. The lowest BCUT2D eigenvalue weighted by Crippen LogP contribution is -2.19. The zero-order chi connectivity index (χ0) is 13.9. The summed E-state index contributed by atoms with van der Waals surface area (Å²) in [6.07, 6.45) is 0.951. The smallest absolute Gasteiger partial charge is 0.134 e. The molecule has 0 aliphatic rings. The van der Waals surface area contributed by atoms with Gasteiger partial charge in [-0.3, -0.25) is 0 Å². The standard InChI is InChI=1S/C17H17NO2/c18-10-14(12-6-2-1-3-7-12)17(19)15-11-20-16-9-5-4-8-13(15)16/h1-9,11,14,17,19H,10,18H2. The van der Waals surface area contributed by atoms with Crippen LogP contribution in [0.1, 0.15) is 23.1 Å². The molecule has 2 aromatic carbocycles. The van der Waals surface area contributed by atoms with Gasteiger partial charge in [-0.25, -0.2) is 0 Å². The van der Waals surface area contributed by atoms with Crippen LogP contribution in [0.25, 0.3) is 11.0 Å². The Balaban J connectivity index is 2.00. The van der Waals surface area contributed by atoms with Gasteiger partial charge >= 0.3 is 0 Å². The maximum absolute atomic E-state index is 10.7. The van der Waals surface area contributed by atoms with E-state index in [1.165, 1.54) is 0 Å². The van der Waals surface area contributed by atoms with Gasteiger partial charge in [0.15, 0.2) is 0 Å². The van der Waals surface area contributed by atoms with Crippen LogP contribution in [-0.2, 0) is 0 Å². The average molecular weight is 267 g/mol. The minimum atomic E-state index is -0.675. The third-order valence-corrected chi connectivity index (χ3v) is 3.69. The molecule has 0 bridgehead atoms. The van der Waals surface area contributed by atoms with Crippen molar-refractivity contribution in [2.75, 3.05) is 6.54 Å². The molecule has 0 spiro atoms. The van der Waals surface area contributed by atoms with Crippen LogP contribution >= 0.6 is 0 Å². The first kappa shape index (κ1) is 12.9. The van der Waals surface area contributed by atoms with Gasteiger partial charge in [-0.05, 0) is 11.6 Å². The van der Waals surface area contributed by atoms with E-state index in [0.717, 1.165) is 22.1 Å². The first-order valence-electron chi connectivity index (χ1n) is 6.70. The first-order chi connectivity index (χ1) is 9.81. The number of benzene rings is 2. The number of furan rings is 1. The number of rotatable bonds is 4. The minimum Gasteiger partial charge on any atom is -0.464 e. The van der Waals surface area contributed by atoms with Gasteiger partial charge in [-0.1, -0.05) is 48.5 Å². The van der Waals surface area contributed by atoms with Crippen LogP contribution in [0, 0.1) is 0 Å². The van der Waals surface area contributed by atoms with Crippen molar-refractivity contribution in [3.63, 3.8) is 0 Å². The van der Waals surface area contributed by atoms with E-state index in [0.29, 0.717) is 6.54 Å². The molecular formula is C17H17NO2. The Morgan fingerprint density at radius 2 is 1.70 bits per heavy atom. The Labute approximate surface area is 117 Å². The normalized spacial score (nSPS) is 14.3. The maximum Gasteiger partial charge on any atom is 0.134 e. The van der Waals surface area contributed by atoms with E-state index >= 15 is 0 Å². The van der Waals surface area contributed by atoms with E-state index in [2.05, 4.69) is 0 Å². The molecule has 3 N–H and O–H groups in total. The Kier molecular flexibility index (Phi) is 3.54. The Bertz CT molecular complexity index is 690. The number of para-hydroxylation sites is 1. The topological polar surface area (TPSA) is 59.4 Å². The summed E-state index contributed by atoms with van der Waals surface area (Å²) in [6.45, 7) is 0.380. The molecule has 2 unspecified atom stereocenters. The van der Waals surface area contributed by atoms with Crippen molar-refractivity contribution in [2.45, 2.75) is 12.0 Å². The SMILES string of the molecule is NCC(c1ccccc1)C(O)c1coc2ccccc12. The number of aliphatic hydroxyl groups is 1. The molecule has 0 aliphatic carbocycles. The van der Waals surface area contributed by atoms with Gasteiger partial charge in [0.25, 0.3) is 0 Å². The predicted octanol–water partition coefficient (Wildman–Crippen LogP) is 3.21. The molecule has 1 aromatic heterocycles. The monoisotopic (exact) mass is 267 g/mol. The van der Waals surface area contributed by atoms with Crippen molar-refractivity contribution in [3.8, 4) is 0 Å². The molecule has 3 aromatic rings. The largest absolute Gasteiger partial charge is 0.464 e. The third-order valence-electron chi connectivity index (χ3n) is 3.69. The molecule has 0 saturated heterocycles. The highest BCUT2D eigenvalue weighted by atomic mass is 16.3. The Morgan fingerprint density at radius 3 is 2.45 bits per heavy atom. The number of aliphatic hydroxyl groups excluding tert-OH is 1. The fourth-order valence-corrected chi connectivity index (χ4v) is 2.59. The van der Waals surface area contributed by atoms with Crippen molar-refractivity contribution in [3.05, 3.63) is 72.0 Å². The summed E-state index contributed by atoms with van der Waals surface area (Å²) in [5, 5.41) is 11.6. The lowest BCUT2D eigenvalue weighted by Gasteiger charge is -2.21. The molecule has 0 fully saturated rings. The number of fused-ring (bicyclic) bond motifs is 1. The Morgan fingerprint density at radius 1 is 1.00 bits per heavy atom. The molecule has 20 heavy (non-hydrogen) atoms. The minimum absolute atomic E-state index is 0.141. The van der Waals surface area contributed by atoms with Gasteiger partial charge in [0.05, 0.1) is 12.4 Å². The summed E-state index contributed by atoms with van der Waals surface area (Å²) >= 11 is 0. The van der Waals surface area contributed by atoms with Crippen LogP contribution in [0.5, 0.6) is 0 Å². The van der Waals surface area contributed by atoms with Crippen LogP contribution in [0.15, 0.2) is 65.3 Å². The van der Waals surface area contributed by atoms with Gasteiger partial charge in [0.1, 0.15) is 5.58 Å². The van der Waals surface area contributed by atoms with E-state index in [9.17, 15) is 5.11 Å². The lowest BCUT2D eigenvalue weighted by atomic mass is 9.89. The summed E-state index contributed by atoms with van der Waals surface area (Å²) in [7, 11) is 0. The highest BCUT2D eigenvalue weighted by Crippen LogP contribution is 2.35. The second kappa shape index (κ2) is 5.49. The van der Waals surface area contributed by atoms with Gasteiger partial charge in [-0.15, -0.1) is 0 Å². The summed E-state index contributed by atoms with van der Waals surface area (Å²) in [5.74, 6) is -0.141. The van der Waals surface area contributed by atoms with Crippen LogP contribution in [0.4, 0.5) is 0 Å². The van der Waals surface area contributed by atoms with E-state index in [1.54, 1.807) is 6.26 Å². The van der Waals surface area contributed by atoms with E-state index < -0.39 is 6.10 Å². The van der Waals surface area contributed by atoms with Crippen LogP contribution in [-0.4, -0.2) is 11.7 Å². The highest BCUT2D eigenvalue weighted by molar-refractivity contribution is 5.81. The van der Waals surface area contributed by atoms with Crippen LogP contribution < -0.4 is 5.73 Å². The summed E-state index contributed by atoms with van der Waals surface area (Å²) in [4.78, 5) is 0. The summed E-state index contributed by atoms with van der Waals surface area (Å²) in [5.41, 5.74) is 8.47. The average Bonchev–Trinajstić information content (AvgIpc) is 2.93. The van der Waals surface area contributed by atoms with Crippen molar-refractivity contribution in [1.82, 2.24) is 0 Å². The second-order valence-corrected chi connectivity index (χ2v) is 4.88. The number of hydrogen-bond donors (Lipinski definition) is 2. The van der Waals surface area contributed by atoms with Crippen molar-refractivity contribution < 1.29 is 9.52 Å². The number of hydrogen-bond acceptors (Lipinski definition) is 3. The molecule has 3 nitrogen and oxygen atoms in total. The lowest BCUT2D eigenvalue weighted by molar-refractivity contribution is 0.148. The van der Waals surface area contributed by atoms with Gasteiger partial charge in [0.2, 0.25) is 0 Å². The molecule has 102 valence electrons. The predicted molar refractivity (Wildman–Crippen MR) is 79.4 cm³/mol. The quantitative estimate of drug-likeness (QED) is 0.763. The van der Waals surface area contributed by atoms with E-state index in [4.69, 9.17) is 10.2 Å². The summed E-state index contributed by atoms with van der Waals surface area (Å²) < 4.78 is 5.50. The fourth-order valence-electron chi connectivity index (χ4n) is 2.59. The Hall–Kier alpha value is -2.10. The fraction of sp³-hybridized carbons (Fsp3) is 0.176. The summed E-state index contributed by atoms with van der Waals surface area (Å²) in [6, 6.07) is 17.5. The second-order valence-electron chi connectivity index (χ2n) is 4.88. The molecule has 3 heteroatoms. The molecule has 0 aliphatic heterocycles. The van der Waals surface area contributed by atoms with Crippen molar-refractivity contribution in [1.29, 1.82) is 0 Å². The molecule has 0 saturated carbocycles.